The van der Waals surface area contributed by atoms with E-state index in [-0.39, 0.29) is 5.75 Å². The van der Waals surface area contributed by atoms with Crippen LogP contribution in [-0.2, 0) is 0 Å². The molecule has 12 heavy (non-hydrogen) atoms. The van der Waals surface area contributed by atoms with Crippen molar-refractivity contribution >= 4 is 44.6 Å². The standard InChI is InChI=1S/C8H4Cl2OS/c9-5-2-1-4-6(10)3-12-8(4)7(5)11/h1-3,11H. The lowest BCUT2D eigenvalue weighted by atomic mass is 10.2. The summed E-state index contributed by atoms with van der Waals surface area (Å²) in [6, 6.07) is 3.44. The lowest BCUT2D eigenvalue weighted by molar-refractivity contribution is 0.483. The molecule has 4 heteroatoms. The largest absolute Gasteiger partial charge is 0.505 e. The normalized spacial score (nSPS) is 10.8. The third kappa shape index (κ3) is 1.07. The summed E-state index contributed by atoms with van der Waals surface area (Å²) in [5.41, 5.74) is 0. The van der Waals surface area contributed by atoms with Gasteiger partial charge in [0.1, 0.15) is 0 Å². The maximum Gasteiger partial charge on any atom is 0.151 e. The number of halogens is 2. The topological polar surface area (TPSA) is 20.2 Å². The van der Waals surface area contributed by atoms with Gasteiger partial charge in [0.2, 0.25) is 0 Å². The number of phenols is 1. The Hall–Kier alpha value is -0.440. The summed E-state index contributed by atoms with van der Waals surface area (Å²) in [6.45, 7) is 0. The monoisotopic (exact) mass is 218 g/mol. The molecule has 62 valence electrons. The van der Waals surface area contributed by atoms with E-state index < -0.39 is 0 Å². The molecule has 1 N–H and O–H groups in total. The van der Waals surface area contributed by atoms with E-state index in [9.17, 15) is 5.11 Å². The molecule has 1 aromatic carbocycles. The molecular formula is C8H4Cl2OS. The van der Waals surface area contributed by atoms with E-state index in [0.29, 0.717) is 10.0 Å². The van der Waals surface area contributed by atoms with Gasteiger partial charge in [-0.3, -0.25) is 0 Å². The van der Waals surface area contributed by atoms with Crippen molar-refractivity contribution in [3.05, 3.63) is 27.6 Å². The van der Waals surface area contributed by atoms with E-state index in [4.69, 9.17) is 23.2 Å². The van der Waals surface area contributed by atoms with Gasteiger partial charge in [0.05, 0.1) is 14.7 Å². The van der Waals surface area contributed by atoms with Gasteiger partial charge in [-0.05, 0) is 6.07 Å². The molecular weight excluding hydrogens is 215 g/mol. The Morgan fingerprint density at radius 1 is 1.17 bits per heavy atom. The molecule has 0 aliphatic carbocycles. The van der Waals surface area contributed by atoms with Crippen molar-refractivity contribution in [2.24, 2.45) is 0 Å². The maximum atomic E-state index is 9.49. The molecule has 0 amide bonds. The van der Waals surface area contributed by atoms with Crippen molar-refractivity contribution in [2.45, 2.75) is 0 Å². The lowest BCUT2D eigenvalue weighted by Crippen LogP contribution is -1.68. The molecule has 2 aromatic rings. The molecule has 0 aliphatic heterocycles. The van der Waals surface area contributed by atoms with Gasteiger partial charge in [-0.15, -0.1) is 11.3 Å². The molecule has 0 fully saturated rings. The fraction of sp³-hybridized carbons (Fsp3) is 0. The maximum absolute atomic E-state index is 9.49. The minimum atomic E-state index is 0.117. The van der Waals surface area contributed by atoms with E-state index in [1.165, 1.54) is 11.3 Å². The predicted octanol–water partition coefficient (Wildman–Crippen LogP) is 3.91. The van der Waals surface area contributed by atoms with Gasteiger partial charge in [0, 0.05) is 10.8 Å². The lowest BCUT2D eigenvalue weighted by Gasteiger charge is -1.96. The minimum absolute atomic E-state index is 0.117. The molecule has 1 heterocycles. The van der Waals surface area contributed by atoms with Gasteiger partial charge >= 0.3 is 0 Å². The number of fused-ring (bicyclic) bond motifs is 1. The Morgan fingerprint density at radius 3 is 2.67 bits per heavy atom. The summed E-state index contributed by atoms with van der Waals surface area (Å²) in [6.07, 6.45) is 0. The Bertz CT molecular complexity index is 436. The van der Waals surface area contributed by atoms with E-state index in [1.807, 2.05) is 0 Å². The average molecular weight is 219 g/mol. The van der Waals surface area contributed by atoms with Gasteiger partial charge in [0.15, 0.2) is 5.75 Å². The number of thiophene rings is 1. The van der Waals surface area contributed by atoms with Crippen LogP contribution >= 0.6 is 34.5 Å². The summed E-state index contributed by atoms with van der Waals surface area (Å²) in [7, 11) is 0. The summed E-state index contributed by atoms with van der Waals surface area (Å²) in [5.74, 6) is 0.117. The number of phenolic OH excluding ortho intramolecular Hbond substituents is 1. The van der Waals surface area contributed by atoms with E-state index in [2.05, 4.69) is 0 Å². The highest BCUT2D eigenvalue weighted by Crippen LogP contribution is 2.39. The second-order valence-electron chi connectivity index (χ2n) is 2.36. The average Bonchev–Trinajstić information content (AvgIpc) is 2.41. The number of benzene rings is 1. The van der Waals surface area contributed by atoms with Crippen LogP contribution < -0.4 is 0 Å². The zero-order valence-corrected chi connectivity index (χ0v) is 8.17. The summed E-state index contributed by atoms with van der Waals surface area (Å²) in [4.78, 5) is 0. The molecule has 2 rings (SSSR count). The number of aromatic hydroxyl groups is 1. The van der Waals surface area contributed by atoms with E-state index >= 15 is 0 Å². The first-order chi connectivity index (χ1) is 5.70. The molecule has 0 atom stereocenters. The van der Waals surface area contributed by atoms with Gasteiger partial charge in [-0.1, -0.05) is 29.3 Å². The Balaban J connectivity index is 2.93. The van der Waals surface area contributed by atoms with Gasteiger partial charge in [0.25, 0.3) is 0 Å². The van der Waals surface area contributed by atoms with Crippen LogP contribution in [0.5, 0.6) is 5.75 Å². The highest BCUT2D eigenvalue weighted by molar-refractivity contribution is 7.18. The molecule has 0 saturated carbocycles. The van der Waals surface area contributed by atoms with Crippen LogP contribution in [0.3, 0.4) is 0 Å². The van der Waals surface area contributed by atoms with Gasteiger partial charge in [-0.2, -0.15) is 0 Å². The third-order valence-corrected chi connectivity index (χ3v) is 3.37. The van der Waals surface area contributed by atoms with Gasteiger partial charge < -0.3 is 5.11 Å². The van der Waals surface area contributed by atoms with Crippen LogP contribution in [0.2, 0.25) is 10.0 Å². The highest BCUT2D eigenvalue weighted by atomic mass is 35.5. The predicted molar refractivity (Wildman–Crippen MR) is 53.5 cm³/mol. The molecule has 0 radical (unpaired) electrons. The molecule has 0 unspecified atom stereocenters. The number of hydrogen-bond donors (Lipinski definition) is 1. The Morgan fingerprint density at radius 2 is 1.92 bits per heavy atom. The summed E-state index contributed by atoms with van der Waals surface area (Å²) >= 11 is 13.0. The van der Waals surface area contributed by atoms with E-state index in [1.54, 1.807) is 17.5 Å². The fourth-order valence-corrected chi connectivity index (χ4v) is 2.46. The van der Waals surface area contributed by atoms with Crippen molar-refractivity contribution in [1.29, 1.82) is 0 Å². The zero-order valence-electron chi connectivity index (χ0n) is 5.84. The molecule has 0 bridgehead atoms. The summed E-state index contributed by atoms with van der Waals surface area (Å²) in [5, 5.41) is 13.1. The molecule has 1 aromatic heterocycles. The fourth-order valence-electron chi connectivity index (χ4n) is 1.03. The van der Waals surface area contributed by atoms with Crippen LogP contribution in [0.15, 0.2) is 17.5 Å². The second kappa shape index (κ2) is 2.80. The van der Waals surface area contributed by atoms with Crippen LogP contribution in [-0.4, -0.2) is 5.11 Å². The summed E-state index contributed by atoms with van der Waals surface area (Å²) < 4.78 is 0.743. The number of hydrogen-bond acceptors (Lipinski definition) is 2. The van der Waals surface area contributed by atoms with Crippen LogP contribution in [0.1, 0.15) is 0 Å². The molecule has 0 aliphatic rings. The minimum Gasteiger partial charge on any atom is -0.505 e. The first-order valence-electron chi connectivity index (χ1n) is 3.24. The van der Waals surface area contributed by atoms with Crippen molar-refractivity contribution in [1.82, 2.24) is 0 Å². The SMILES string of the molecule is Oc1c(Cl)ccc2c(Cl)csc12. The zero-order chi connectivity index (χ0) is 8.72. The Labute approximate surface area is 83.2 Å². The van der Waals surface area contributed by atoms with Crippen LogP contribution in [0.4, 0.5) is 0 Å². The molecule has 0 spiro atoms. The number of rotatable bonds is 0. The highest BCUT2D eigenvalue weighted by Gasteiger charge is 2.08. The van der Waals surface area contributed by atoms with Crippen LogP contribution in [0.25, 0.3) is 10.1 Å². The second-order valence-corrected chi connectivity index (χ2v) is 4.05. The van der Waals surface area contributed by atoms with E-state index in [0.717, 1.165) is 10.1 Å². The van der Waals surface area contributed by atoms with Gasteiger partial charge in [-0.25, -0.2) is 0 Å². The molecule has 0 saturated heterocycles. The first-order valence-corrected chi connectivity index (χ1v) is 4.88. The van der Waals surface area contributed by atoms with Crippen molar-refractivity contribution in [3.63, 3.8) is 0 Å². The molecule has 1 nitrogen and oxygen atoms in total. The van der Waals surface area contributed by atoms with Crippen LogP contribution in [0, 0.1) is 0 Å². The smallest absolute Gasteiger partial charge is 0.151 e. The first kappa shape index (κ1) is 8.17. The van der Waals surface area contributed by atoms with Crippen molar-refractivity contribution in [2.75, 3.05) is 0 Å². The quantitative estimate of drug-likeness (QED) is 0.711. The Kier molecular flexibility index (Phi) is 1.91. The van der Waals surface area contributed by atoms with Crippen molar-refractivity contribution < 1.29 is 5.11 Å². The van der Waals surface area contributed by atoms with Crippen molar-refractivity contribution in [3.8, 4) is 5.75 Å². The third-order valence-electron chi connectivity index (χ3n) is 1.62.